The molecule has 0 bridgehead atoms. The van der Waals surface area contributed by atoms with Crippen molar-refractivity contribution in [2.75, 3.05) is 19.0 Å². The van der Waals surface area contributed by atoms with E-state index in [0.717, 1.165) is 17.1 Å². The molecule has 1 heterocycles. The summed E-state index contributed by atoms with van der Waals surface area (Å²) in [5.74, 6) is 0.918. The number of hydrogen-bond acceptors (Lipinski definition) is 3. The van der Waals surface area contributed by atoms with Gasteiger partial charge in [-0.15, -0.1) is 0 Å². The van der Waals surface area contributed by atoms with E-state index in [1.165, 1.54) is 0 Å². The number of aromatic nitrogens is 1. The lowest BCUT2D eigenvalue weighted by atomic mass is 10.1. The highest BCUT2D eigenvalue weighted by atomic mass is 16.3. The maximum atomic E-state index is 9.38. The van der Waals surface area contributed by atoms with E-state index in [4.69, 9.17) is 0 Å². The minimum Gasteiger partial charge on any atom is -0.389 e. The molecule has 0 spiro atoms. The maximum absolute atomic E-state index is 9.38. The van der Waals surface area contributed by atoms with Crippen molar-refractivity contribution in [1.29, 1.82) is 0 Å². The Morgan fingerprint density at radius 3 is 2.38 bits per heavy atom. The summed E-state index contributed by atoms with van der Waals surface area (Å²) in [5.41, 5.74) is 1.78. The summed E-state index contributed by atoms with van der Waals surface area (Å²) < 4.78 is 0. The minimum atomic E-state index is -0.441. The van der Waals surface area contributed by atoms with Gasteiger partial charge in [0.15, 0.2) is 0 Å². The van der Waals surface area contributed by atoms with Gasteiger partial charge in [0, 0.05) is 25.4 Å². The molecule has 0 aliphatic rings. The van der Waals surface area contributed by atoms with Crippen LogP contribution in [0.5, 0.6) is 0 Å². The molecule has 1 aromatic rings. The molecule has 1 aromatic heterocycles. The fourth-order valence-corrected chi connectivity index (χ4v) is 1.25. The first-order valence-electron chi connectivity index (χ1n) is 4.35. The van der Waals surface area contributed by atoms with Crippen molar-refractivity contribution in [3.05, 3.63) is 23.4 Å². The van der Waals surface area contributed by atoms with Crippen LogP contribution in [-0.2, 0) is 0 Å². The molecular formula is C10H16N2O. The molecule has 1 atom stereocenters. The second-order valence-electron chi connectivity index (χ2n) is 3.41. The van der Waals surface area contributed by atoms with Gasteiger partial charge in [0.25, 0.3) is 0 Å². The van der Waals surface area contributed by atoms with E-state index >= 15 is 0 Å². The predicted molar refractivity (Wildman–Crippen MR) is 53.9 cm³/mol. The molecule has 0 saturated heterocycles. The van der Waals surface area contributed by atoms with Crippen LogP contribution in [0, 0.1) is 6.92 Å². The smallest absolute Gasteiger partial charge is 0.128 e. The lowest BCUT2D eigenvalue weighted by Gasteiger charge is -2.14. The summed E-state index contributed by atoms with van der Waals surface area (Å²) in [7, 11) is 3.90. The standard InChI is InChI=1S/C10H16N2O/c1-7-9(8(2)13)5-6-10(11-7)12(3)4/h5-6,8,13H,1-4H3. The van der Waals surface area contributed by atoms with Gasteiger partial charge >= 0.3 is 0 Å². The number of rotatable bonds is 2. The van der Waals surface area contributed by atoms with Crippen LogP contribution in [0.15, 0.2) is 12.1 Å². The summed E-state index contributed by atoms with van der Waals surface area (Å²) in [4.78, 5) is 6.30. The fraction of sp³-hybridized carbons (Fsp3) is 0.500. The highest BCUT2D eigenvalue weighted by Crippen LogP contribution is 2.18. The van der Waals surface area contributed by atoms with Crippen LogP contribution in [0.1, 0.15) is 24.3 Å². The average Bonchev–Trinajstić information content (AvgIpc) is 2.03. The number of aryl methyl sites for hydroxylation is 1. The molecule has 0 fully saturated rings. The highest BCUT2D eigenvalue weighted by Gasteiger charge is 2.06. The van der Waals surface area contributed by atoms with Crippen LogP contribution in [0.4, 0.5) is 5.82 Å². The highest BCUT2D eigenvalue weighted by molar-refractivity contribution is 5.40. The molecule has 3 nitrogen and oxygen atoms in total. The Hall–Kier alpha value is -1.09. The Morgan fingerprint density at radius 1 is 1.38 bits per heavy atom. The quantitative estimate of drug-likeness (QED) is 0.749. The van der Waals surface area contributed by atoms with E-state index in [9.17, 15) is 5.11 Å². The monoisotopic (exact) mass is 180 g/mol. The molecule has 0 aliphatic heterocycles. The van der Waals surface area contributed by atoms with E-state index in [-0.39, 0.29) is 0 Å². The molecule has 1 rings (SSSR count). The molecule has 72 valence electrons. The third kappa shape index (κ3) is 2.18. The summed E-state index contributed by atoms with van der Waals surface area (Å²) in [6.45, 7) is 3.66. The largest absolute Gasteiger partial charge is 0.389 e. The van der Waals surface area contributed by atoms with Crippen molar-refractivity contribution in [2.45, 2.75) is 20.0 Å². The molecule has 13 heavy (non-hydrogen) atoms. The van der Waals surface area contributed by atoms with E-state index in [1.807, 2.05) is 38.1 Å². The van der Waals surface area contributed by atoms with Gasteiger partial charge < -0.3 is 10.0 Å². The molecule has 0 aliphatic carbocycles. The van der Waals surface area contributed by atoms with Gasteiger partial charge in [-0.2, -0.15) is 0 Å². The summed E-state index contributed by atoms with van der Waals surface area (Å²) in [6, 6.07) is 3.83. The van der Waals surface area contributed by atoms with Crippen LogP contribution >= 0.6 is 0 Å². The zero-order valence-electron chi connectivity index (χ0n) is 8.57. The summed E-state index contributed by atoms with van der Waals surface area (Å²) >= 11 is 0. The number of pyridine rings is 1. The Morgan fingerprint density at radius 2 is 2.00 bits per heavy atom. The third-order valence-electron chi connectivity index (χ3n) is 2.02. The van der Waals surface area contributed by atoms with E-state index in [0.29, 0.717) is 0 Å². The molecule has 1 unspecified atom stereocenters. The minimum absolute atomic E-state index is 0.441. The number of aliphatic hydroxyl groups is 1. The van der Waals surface area contributed by atoms with Crippen molar-refractivity contribution < 1.29 is 5.11 Å². The molecule has 1 N–H and O–H groups in total. The number of aliphatic hydroxyl groups excluding tert-OH is 1. The van der Waals surface area contributed by atoms with Gasteiger partial charge in [0.1, 0.15) is 5.82 Å². The van der Waals surface area contributed by atoms with Gasteiger partial charge in [-0.3, -0.25) is 0 Å². The molecule has 0 saturated carbocycles. The Bertz CT molecular complexity index is 295. The first kappa shape index (κ1) is 9.99. The zero-order valence-corrected chi connectivity index (χ0v) is 8.57. The lowest BCUT2D eigenvalue weighted by molar-refractivity contribution is 0.198. The van der Waals surface area contributed by atoms with E-state index in [2.05, 4.69) is 4.98 Å². The Balaban J connectivity index is 3.06. The van der Waals surface area contributed by atoms with Crippen molar-refractivity contribution in [2.24, 2.45) is 0 Å². The second kappa shape index (κ2) is 3.75. The molecule has 3 heteroatoms. The molecule has 0 aromatic carbocycles. The fourth-order valence-electron chi connectivity index (χ4n) is 1.25. The average molecular weight is 180 g/mol. The van der Waals surface area contributed by atoms with Gasteiger partial charge in [0.2, 0.25) is 0 Å². The normalized spacial score (nSPS) is 12.7. The molecule has 0 radical (unpaired) electrons. The second-order valence-corrected chi connectivity index (χ2v) is 3.41. The number of anilines is 1. The van der Waals surface area contributed by atoms with Crippen molar-refractivity contribution >= 4 is 5.82 Å². The first-order chi connectivity index (χ1) is 6.02. The van der Waals surface area contributed by atoms with Crippen LogP contribution in [0.2, 0.25) is 0 Å². The molecular weight excluding hydrogens is 164 g/mol. The van der Waals surface area contributed by atoms with E-state index < -0.39 is 6.10 Å². The number of hydrogen-bond donors (Lipinski definition) is 1. The zero-order chi connectivity index (χ0) is 10.0. The Labute approximate surface area is 79.0 Å². The van der Waals surface area contributed by atoms with Crippen LogP contribution in [-0.4, -0.2) is 24.2 Å². The predicted octanol–water partition coefficient (Wildman–Crippen LogP) is 1.51. The van der Waals surface area contributed by atoms with Gasteiger partial charge in [-0.05, 0) is 19.9 Å². The maximum Gasteiger partial charge on any atom is 0.128 e. The SMILES string of the molecule is Cc1nc(N(C)C)ccc1C(C)O. The van der Waals surface area contributed by atoms with Gasteiger partial charge in [-0.1, -0.05) is 6.07 Å². The van der Waals surface area contributed by atoms with Crippen LogP contribution in [0.3, 0.4) is 0 Å². The van der Waals surface area contributed by atoms with Crippen molar-refractivity contribution in [1.82, 2.24) is 4.98 Å². The first-order valence-corrected chi connectivity index (χ1v) is 4.35. The lowest BCUT2D eigenvalue weighted by Crippen LogP contribution is -2.12. The van der Waals surface area contributed by atoms with Crippen molar-refractivity contribution in [3.8, 4) is 0 Å². The van der Waals surface area contributed by atoms with Crippen molar-refractivity contribution in [3.63, 3.8) is 0 Å². The third-order valence-corrected chi connectivity index (χ3v) is 2.02. The van der Waals surface area contributed by atoms with Gasteiger partial charge in [-0.25, -0.2) is 4.98 Å². The van der Waals surface area contributed by atoms with E-state index in [1.54, 1.807) is 6.92 Å². The summed E-state index contributed by atoms with van der Waals surface area (Å²) in [6.07, 6.45) is -0.441. The van der Waals surface area contributed by atoms with Crippen LogP contribution in [0.25, 0.3) is 0 Å². The Kier molecular flexibility index (Phi) is 2.88. The van der Waals surface area contributed by atoms with Gasteiger partial charge in [0.05, 0.1) is 6.10 Å². The van der Waals surface area contributed by atoms with Crippen LogP contribution < -0.4 is 4.90 Å². The topological polar surface area (TPSA) is 36.4 Å². The molecule has 0 amide bonds. The number of nitrogens with zero attached hydrogens (tertiary/aromatic N) is 2. The summed E-state index contributed by atoms with van der Waals surface area (Å²) in [5, 5.41) is 9.38.